The molecule has 1 aromatic heterocycles. The van der Waals surface area contributed by atoms with Crippen molar-refractivity contribution in [3.63, 3.8) is 0 Å². The van der Waals surface area contributed by atoms with Crippen LogP contribution in [0, 0.1) is 5.41 Å². The summed E-state index contributed by atoms with van der Waals surface area (Å²) in [6.07, 6.45) is 5.60. The van der Waals surface area contributed by atoms with E-state index in [1.807, 2.05) is 5.51 Å². The average molecular weight is 210 g/mol. The molecule has 14 heavy (non-hydrogen) atoms. The lowest BCUT2D eigenvalue weighted by atomic mass is 9.89. The summed E-state index contributed by atoms with van der Waals surface area (Å²) in [6, 6.07) is 0. The number of nitrogens with one attached hydrogen (secondary N) is 1. The Morgan fingerprint density at radius 2 is 2.29 bits per heavy atom. The number of thiazole rings is 1. The lowest BCUT2D eigenvalue weighted by Gasteiger charge is -2.23. The molecule has 1 aliphatic rings. The van der Waals surface area contributed by atoms with Crippen molar-refractivity contribution in [3.05, 3.63) is 16.6 Å². The number of nitrogens with zero attached hydrogens (tertiary/aromatic N) is 1. The van der Waals surface area contributed by atoms with Crippen molar-refractivity contribution >= 4 is 11.3 Å². The van der Waals surface area contributed by atoms with Gasteiger partial charge in [0.05, 0.1) is 11.2 Å². The van der Waals surface area contributed by atoms with Crippen molar-refractivity contribution in [2.24, 2.45) is 5.41 Å². The van der Waals surface area contributed by atoms with Crippen LogP contribution in [0.2, 0.25) is 0 Å². The normalized spacial score (nSPS) is 20.1. The zero-order valence-corrected chi connectivity index (χ0v) is 9.57. The van der Waals surface area contributed by atoms with Crippen LogP contribution in [0.25, 0.3) is 0 Å². The average Bonchev–Trinajstić information content (AvgIpc) is 2.77. The molecule has 1 saturated carbocycles. The first-order valence-corrected chi connectivity index (χ1v) is 6.31. The molecular formula is C11H18N2S. The van der Waals surface area contributed by atoms with Crippen molar-refractivity contribution in [2.75, 3.05) is 6.54 Å². The van der Waals surface area contributed by atoms with Crippen molar-refractivity contribution in [3.8, 4) is 0 Å². The minimum Gasteiger partial charge on any atom is -0.311 e. The van der Waals surface area contributed by atoms with Gasteiger partial charge in [-0.15, -0.1) is 11.3 Å². The van der Waals surface area contributed by atoms with Crippen molar-refractivity contribution in [1.82, 2.24) is 10.3 Å². The van der Waals surface area contributed by atoms with E-state index in [9.17, 15) is 0 Å². The van der Waals surface area contributed by atoms with Crippen LogP contribution in [0.5, 0.6) is 0 Å². The summed E-state index contributed by atoms with van der Waals surface area (Å²) >= 11 is 1.67. The van der Waals surface area contributed by atoms with E-state index in [-0.39, 0.29) is 0 Å². The van der Waals surface area contributed by atoms with Gasteiger partial charge in [-0.05, 0) is 18.3 Å². The summed E-state index contributed by atoms with van der Waals surface area (Å²) < 4.78 is 0. The molecule has 0 unspecified atom stereocenters. The first-order valence-electron chi connectivity index (χ1n) is 5.36. The van der Waals surface area contributed by atoms with E-state index in [1.54, 1.807) is 11.3 Å². The highest BCUT2D eigenvalue weighted by atomic mass is 32.1. The molecule has 0 atom stereocenters. The maximum absolute atomic E-state index is 4.26. The monoisotopic (exact) mass is 210 g/mol. The van der Waals surface area contributed by atoms with Gasteiger partial charge in [-0.2, -0.15) is 0 Å². The summed E-state index contributed by atoms with van der Waals surface area (Å²) in [5, 5.41) is 5.63. The van der Waals surface area contributed by atoms with Gasteiger partial charge in [0.15, 0.2) is 0 Å². The molecule has 1 heterocycles. The second kappa shape index (κ2) is 4.41. The zero-order valence-electron chi connectivity index (χ0n) is 8.75. The number of aromatic nitrogens is 1. The van der Waals surface area contributed by atoms with Crippen LogP contribution < -0.4 is 5.32 Å². The number of rotatable bonds is 4. The summed E-state index contributed by atoms with van der Waals surface area (Å²) in [5.41, 5.74) is 3.63. The van der Waals surface area contributed by atoms with E-state index in [0.717, 1.165) is 13.1 Å². The lowest BCUT2D eigenvalue weighted by Crippen LogP contribution is -2.29. The molecule has 0 aliphatic heterocycles. The standard InChI is InChI=1S/C11H18N2S/c1-11(4-2-3-5-11)8-12-6-10-7-14-9-13-10/h7,9,12H,2-6,8H2,1H3. The summed E-state index contributed by atoms with van der Waals surface area (Å²) in [5.74, 6) is 0. The molecule has 1 aliphatic carbocycles. The minimum absolute atomic E-state index is 0.552. The smallest absolute Gasteiger partial charge is 0.0795 e. The van der Waals surface area contributed by atoms with Crippen LogP contribution in [-0.2, 0) is 6.54 Å². The quantitative estimate of drug-likeness (QED) is 0.826. The predicted octanol–water partition coefficient (Wildman–Crippen LogP) is 2.81. The summed E-state index contributed by atoms with van der Waals surface area (Å²) in [6.45, 7) is 4.47. The molecule has 1 fully saturated rings. The Labute approximate surface area is 89.8 Å². The first-order chi connectivity index (χ1) is 6.79. The fourth-order valence-corrected chi connectivity index (χ4v) is 2.78. The largest absolute Gasteiger partial charge is 0.311 e. The third kappa shape index (κ3) is 2.55. The Morgan fingerprint density at radius 1 is 1.50 bits per heavy atom. The maximum Gasteiger partial charge on any atom is 0.0795 e. The van der Waals surface area contributed by atoms with Crippen LogP contribution in [0.4, 0.5) is 0 Å². The fraction of sp³-hybridized carbons (Fsp3) is 0.727. The molecule has 0 radical (unpaired) electrons. The van der Waals surface area contributed by atoms with Crippen molar-refractivity contribution in [2.45, 2.75) is 39.2 Å². The van der Waals surface area contributed by atoms with Crippen LogP contribution >= 0.6 is 11.3 Å². The van der Waals surface area contributed by atoms with E-state index in [2.05, 4.69) is 22.6 Å². The number of hydrogen-bond acceptors (Lipinski definition) is 3. The molecule has 0 aromatic carbocycles. The maximum atomic E-state index is 4.26. The Kier molecular flexibility index (Phi) is 3.19. The predicted molar refractivity (Wildman–Crippen MR) is 60.4 cm³/mol. The number of hydrogen-bond donors (Lipinski definition) is 1. The van der Waals surface area contributed by atoms with Gasteiger partial charge in [-0.1, -0.05) is 19.8 Å². The third-order valence-electron chi connectivity index (χ3n) is 3.15. The molecule has 0 amide bonds. The van der Waals surface area contributed by atoms with Crippen molar-refractivity contribution in [1.29, 1.82) is 0 Å². The molecule has 78 valence electrons. The molecule has 0 saturated heterocycles. The van der Waals surface area contributed by atoms with Gasteiger partial charge in [0.25, 0.3) is 0 Å². The highest BCUT2D eigenvalue weighted by Crippen LogP contribution is 2.36. The summed E-state index contributed by atoms with van der Waals surface area (Å²) in [4.78, 5) is 4.26. The Hall–Kier alpha value is -0.410. The third-order valence-corrected chi connectivity index (χ3v) is 3.79. The van der Waals surface area contributed by atoms with Gasteiger partial charge in [0.2, 0.25) is 0 Å². The fourth-order valence-electron chi connectivity index (χ4n) is 2.22. The van der Waals surface area contributed by atoms with Crippen LogP contribution in [0.3, 0.4) is 0 Å². The van der Waals surface area contributed by atoms with Crippen molar-refractivity contribution < 1.29 is 0 Å². The van der Waals surface area contributed by atoms with Gasteiger partial charge in [-0.3, -0.25) is 0 Å². The van der Waals surface area contributed by atoms with Gasteiger partial charge in [0, 0.05) is 18.5 Å². The van der Waals surface area contributed by atoms with Crippen LogP contribution in [-0.4, -0.2) is 11.5 Å². The second-order valence-electron chi connectivity index (χ2n) is 4.60. The molecule has 0 spiro atoms. The minimum atomic E-state index is 0.552. The molecule has 1 aromatic rings. The van der Waals surface area contributed by atoms with E-state index in [1.165, 1.54) is 31.4 Å². The van der Waals surface area contributed by atoms with E-state index in [4.69, 9.17) is 0 Å². The molecule has 2 nitrogen and oxygen atoms in total. The Bertz CT molecular complexity index is 263. The molecule has 3 heteroatoms. The van der Waals surface area contributed by atoms with Crippen LogP contribution in [0.15, 0.2) is 10.9 Å². The second-order valence-corrected chi connectivity index (χ2v) is 5.32. The Morgan fingerprint density at radius 3 is 2.93 bits per heavy atom. The SMILES string of the molecule is CC1(CNCc2cscn2)CCCC1. The van der Waals surface area contributed by atoms with Gasteiger partial charge < -0.3 is 5.32 Å². The van der Waals surface area contributed by atoms with Crippen LogP contribution in [0.1, 0.15) is 38.3 Å². The topological polar surface area (TPSA) is 24.9 Å². The zero-order chi connectivity index (χ0) is 9.86. The highest BCUT2D eigenvalue weighted by molar-refractivity contribution is 7.07. The molecular weight excluding hydrogens is 192 g/mol. The highest BCUT2D eigenvalue weighted by Gasteiger charge is 2.27. The van der Waals surface area contributed by atoms with E-state index >= 15 is 0 Å². The summed E-state index contributed by atoms with van der Waals surface area (Å²) in [7, 11) is 0. The molecule has 0 bridgehead atoms. The van der Waals surface area contributed by atoms with E-state index in [0.29, 0.717) is 5.41 Å². The van der Waals surface area contributed by atoms with E-state index < -0.39 is 0 Å². The molecule has 2 rings (SSSR count). The lowest BCUT2D eigenvalue weighted by molar-refractivity contribution is 0.314. The van der Waals surface area contributed by atoms with Gasteiger partial charge in [0.1, 0.15) is 0 Å². The Balaban J connectivity index is 1.72. The van der Waals surface area contributed by atoms with Gasteiger partial charge >= 0.3 is 0 Å². The molecule has 1 N–H and O–H groups in total. The van der Waals surface area contributed by atoms with Gasteiger partial charge in [-0.25, -0.2) is 4.98 Å². The first kappa shape index (κ1) is 10.1.